The van der Waals surface area contributed by atoms with E-state index in [2.05, 4.69) is 0 Å². The van der Waals surface area contributed by atoms with Gasteiger partial charge in [-0.05, 0) is 38.0 Å². The van der Waals surface area contributed by atoms with E-state index in [1.807, 2.05) is 4.90 Å². The fourth-order valence-electron chi connectivity index (χ4n) is 2.70. The number of carbonyl (C=O) groups is 1. The summed E-state index contributed by atoms with van der Waals surface area (Å²) in [5, 5.41) is 9.19. The predicted molar refractivity (Wildman–Crippen MR) is 58.4 cm³/mol. The van der Waals surface area contributed by atoms with Crippen LogP contribution < -0.4 is 0 Å². The summed E-state index contributed by atoms with van der Waals surface area (Å²) in [6, 6.07) is 0. The monoisotopic (exact) mass is 211 g/mol. The molecule has 0 radical (unpaired) electrons. The Hall–Kier alpha value is -0.570. The lowest BCUT2D eigenvalue weighted by atomic mass is 9.63. The first-order valence-electron chi connectivity index (χ1n) is 6.07. The van der Waals surface area contributed by atoms with Gasteiger partial charge in [-0.2, -0.15) is 0 Å². The Morgan fingerprint density at radius 3 is 2.67 bits per heavy atom. The van der Waals surface area contributed by atoms with Crippen LogP contribution in [0.1, 0.15) is 45.4 Å². The first kappa shape index (κ1) is 10.9. The zero-order chi connectivity index (χ0) is 10.9. The lowest BCUT2D eigenvalue weighted by Gasteiger charge is -2.47. The molecular formula is C12H21NO2. The number of piperidine rings is 1. The smallest absolute Gasteiger partial charge is 0.223 e. The van der Waals surface area contributed by atoms with Gasteiger partial charge in [0.1, 0.15) is 0 Å². The van der Waals surface area contributed by atoms with Crippen LogP contribution in [0.3, 0.4) is 0 Å². The lowest BCUT2D eigenvalue weighted by molar-refractivity contribution is -0.141. The first-order valence-corrected chi connectivity index (χ1v) is 6.07. The first-order chi connectivity index (χ1) is 7.11. The van der Waals surface area contributed by atoms with Crippen molar-refractivity contribution in [3.05, 3.63) is 0 Å². The Labute approximate surface area is 91.5 Å². The molecule has 0 bridgehead atoms. The maximum atomic E-state index is 11.9. The molecule has 2 aliphatic rings. The summed E-state index contributed by atoms with van der Waals surface area (Å²) in [6.07, 6.45) is 6.16. The van der Waals surface area contributed by atoms with E-state index in [9.17, 15) is 9.90 Å². The van der Waals surface area contributed by atoms with Crippen LogP contribution in [0.5, 0.6) is 0 Å². The number of carbonyl (C=O) groups excluding carboxylic acids is 1. The van der Waals surface area contributed by atoms with Gasteiger partial charge in [0, 0.05) is 19.5 Å². The molecule has 3 heteroatoms. The second-order valence-corrected chi connectivity index (χ2v) is 5.30. The van der Waals surface area contributed by atoms with Gasteiger partial charge >= 0.3 is 0 Å². The van der Waals surface area contributed by atoms with Crippen LogP contribution in [0.4, 0.5) is 0 Å². The van der Waals surface area contributed by atoms with E-state index in [-0.39, 0.29) is 6.10 Å². The normalized spacial score (nSPS) is 26.5. The quantitative estimate of drug-likeness (QED) is 0.769. The molecule has 1 saturated carbocycles. The van der Waals surface area contributed by atoms with Gasteiger partial charge < -0.3 is 10.0 Å². The van der Waals surface area contributed by atoms with E-state index in [0.717, 1.165) is 19.5 Å². The molecule has 3 nitrogen and oxygen atoms in total. The molecule has 1 amide bonds. The number of likely N-dealkylation sites (tertiary alicyclic amines) is 1. The Bertz CT molecular complexity index is 246. The van der Waals surface area contributed by atoms with Gasteiger partial charge in [-0.15, -0.1) is 0 Å². The predicted octanol–water partition coefficient (Wildman–Crippen LogP) is 1.55. The zero-order valence-corrected chi connectivity index (χ0v) is 9.54. The molecule has 0 aromatic heterocycles. The Balaban J connectivity index is 1.82. The largest absolute Gasteiger partial charge is 0.393 e. The fraction of sp³-hybridized carbons (Fsp3) is 0.917. The molecule has 1 saturated heterocycles. The van der Waals surface area contributed by atoms with Gasteiger partial charge in [0.25, 0.3) is 0 Å². The van der Waals surface area contributed by atoms with E-state index < -0.39 is 0 Å². The Morgan fingerprint density at radius 2 is 2.20 bits per heavy atom. The van der Waals surface area contributed by atoms with Crippen molar-refractivity contribution in [2.24, 2.45) is 5.41 Å². The van der Waals surface area contributed by atoms with Gasteiger partial charge in [0.2, 0.25) is 5.91 Å². The van der Waals surface area contributed by atoms with Crippen molar-refractivity contribution < 1.29 is 9.90 Å². The van der Waals surface area contributed by atoms with Crippen LogP contribution in [0.15, 0.2) is 0 Å². The molecule has 86 valence electrons. The topological polar surface area (TPSA) is 40.5 Å². The molecule has 1 spiro atoms. The zero-order valence-electron chi connectivity index (χ0n) is 9.54. The second-order valence-electron chi connectivity index (χ2n) is 5.30. The fourth-order valence-corrected chi connectivity index (χ4v) is 2.70. The van der Waals surface area contributed by atoms with E-state index in [0.29, 0.717) is 17.7 Å². The number of aliphatic hydroxyl groups is 1. The van der Waals surface area contributed by atoms with E-state index in [4.69, 9.17) is 0 Å². The lowest BCUT2D eigenvalue weighted by Crippen LogP contribution is -2.47. The Morgan fingerprint density at radius 1 is 1.47 bits per heavy atom. The summed E-state index contributed by atoms with van der Waals surface area (Å²) < 4.78 is 0. The number of nitrogens with zero attached hydrogens (tertiary/aromatic N) is 1. The number of hydrogen-bond donors (Lipinski definition) is 1. The summed E-state index contributed by atoms with van der Waals surface area (Å²) in [4.78, 5) is 13.8. The SMILES string of the molecule is CC(O)CCN1CCC2(CCC2)CC1=O. The summed E-state index contributed by atoms with van der Waals surface area (Å²) in [7, 11) is 0. The van der Waals surface area contributed by atoms with Crippen LogP contribution in [0, 0.1) is 5.41 Å². The van der Waals surface area contributed by atoms with Crippen molar-refractivity contribution in [1.82, 2.24) is 4.90 Å². The Kier molecular flexibility index (Phi) is 3.01. The molecule has 2 fully saturated rings. The molecule has 1 unspecified atom stereocenters. The third kappa shape index (κ3) is 2.33. The highest BCUT2D eigenvalue weighted by molar-refractivity contribution is 5.78. The van der Waals surface area contributed by atoms with E-state index in [1.165, 1.54) is 25.7 Å². The summed E-state index contributed by atoms with van der Waals surface area (Å²) in [5.41, 5.74) is 0.387. The van der Waals surface area contributed by atoms with Crippen molar-refractivity contribution in [1.29, 1.82) is 0 Å². The summed E-state index contributed by atoms with van der Waals surface area (Å²) in [5.74, 6) is 0.307. The minimum atomic E-state index is -0.294. The number of hydrogen-bond acceptors (Lipinski definition) is 2. The van der Waals surface area contributed by atoms with Gasteiger partial charge in [-0.25, -0.2) is 0 Å². The average molecular weight is 211 g/mol. The molecular weight excluding hydrogens is 190 g/mol. The van der Waals surface area contributed by atoms with Crippen molar-refractivity contribution in [3.8, 4) is 0 Å². The molecule has 0 aromatic carbocycles. The third-order valence-electron chi connectivity index (χ3n) is 4.02. The molecule has 1 heterocycles. The molecule has 1 N–H and O–H groups in total. The van der Waals surface area contributed by atoms with Crippen LogP contribution in [0.2, 0.25) is 0 Å². The molecule has 1 atom stereocenters. The highest BCUT2D eigenvalue weighted by atomic mass is 16.3. The molecule has 1 aliphatic heterocycles. The van der Waals surface area contributed by atoms with Crippen LogP contribution in [-0.4, -0.2) is 35.1 Å². The maximum Gasteiger partial charge on any atom is 0.223 e. The van der Waals surface area contributed by atoms with Crippen molar-refractivity contribution in [2.75, 3.05) is 13.1 Å². The molecule has 2 rings (SSSR count). The summed E-state index contributed by atoms with van der Waals surface area (Å²) in [6.45, 7) is 3.42. The number of amides is 1. The third-order valence-corrected chi connectivity index (χ3v) is 4.02. The standard InChI is InChI=1S/C12H21NO2/c1-10(14)3-7-13-8-6-12(4-2-5-12)9-11(13)15/h10,14H,2-9H2,1H3. The molecule has 15 heavy (non-hydrogen) atoms. The number of aliphatic hydroxyl groups excluding tert-OH is 1. The van der Waals surface area contributed by atoms with Crippen molar-refractivity contribution >= 4 is 5.91 Å². The van der Waals surface area contributed by atoms with Crippen LogP contribution >= 0.6 is 0 Å². The molecule has 0 aromatic rings. The van der Waals surface area contributed by atoms with E-state index >= 15 is 0 Å². The van der Waals surface area contributed by atoms with Crippen LogP contribution in [0.25, 0.3) is 0 Å². The minimum Gasteiger partial charge on any atom is -0.393 e. The maximum absolute atomic E-state index is 11.9. The van der Waals surface area contributed by atoms with Gasteiger partial charge in [0.05, 0.1) is 6.10 Å². The van der Waals surface area contributed by atoms with Crippen molar-refractivity contribution in [3.63, 3.8) is 0 Å². The highest BCUT2D eigenvalue weighted by Gasteiger charge is 2.42. The average Bonchev–Trinajstić information content (AvgIpc) is 2.13. The summed E-state index contributed by atoms with van der Waals surface area (Å²) >= 11 is 0. The van der Waals surface area contributed by atoms with Crippen molar-refractivity contribution in [2.45, 2.75) is 51.6 Å². The molecule has 1 aliphatic carbocycles. The van der Waals surface area contributed by atoms with Crippen LogP contribution in [-0.2, 0) is 4.79 Å². The van der Waals surface area contributed by atoms with E-state index in [1.54, 1.807) is 6.92 Å². The minimum absolute atomic E-state index is 0.294. The number of rotatable bonds is 3. The second kappa shape index (κ2) is 4.12. The van der Waals surface area contributed by atoms with Gasteiger partial charge in [-0.1, -0.05) is 6.42 Å². The van der Waals surface area contributed by atoms with Gasteiger partial charge in [0.15, 0.2) is 0 Å². The van der Waals surface area contributed by atoms with Gasteiger partial charge in [-0.3, -0.25) is 4.79 Å². The highest BCUT2D eigenvalue weighted by Crippen LogP contribution is 2.49.